The van der Waals surface area contributed by atoms with Crippen LogP contribution in [0.4, 0.5) is 0 Å². The summed E-state index contributed by atoms with van der Waals surface area (Å²) in [5, 5.41) is 11.0. The molecule has 0 radical (unpaired) electrons. The van der Waals surface area contributed by atoms with Gasteiger partial charge in [-0.25, -0.2) is 4.99 Å². The summed E-state index contributed by atoms with van der Waals surface area (Å²) in [6, 6.07) is 0.386. The minimum atomic E-state index is 0.291. The Morgan fingerprint density at radius 3 is 2.88 bits per heavy atom. The highest BCUT2D eigenvalue weighted by Crippen LogP contribution is 2.38. The summed E-state index contributed by atoms with van der Waals surface area (Å²) in [6.45, 7) is 8.56. The van der Waals surface area contributed by atoms with Gasteiger partial charge in [0.2, 0.25) is 5.89 Å². The highest BCUT2D eigenvalue weighted by Gasteiger charge is 2.28. The molecule has 7 heteroatoms. The summed E-state index contributed by atoms with van der Waals surface area (Å²) < 4.78 is 10.9. The molecule has 1 aromatic heterocycles. The molecule has 1 saturated heterocycles. The maximum Gasteiger partial charge on any atom is 0.248 e. The second kappa shape index (κ2) is 7.96. The predicted octanol–water partition coefficient (Wildman–Crippen LogP) is 2.21. The van der Waals surface area contributed by atoms with E-state index in [2.05, 4.69) is 46.5 Å². The first-order valence-corrected chi connectivity index (χ1v) is 9.09. The molecule has 2 heterocycles. The van der Waals surface area contributed by atoms with Crippen LogP contribution < -0.4 is 10.6 Å². The summed E-state index contributed by atoms with van der Waals surface area (Å²) in [5.74, 6) is 3.29. The lowest BCUT2D eigenvalue weighted by atomic mass is 10.0. The van der Waals surface area contributed by atoms with Crippen molar-refractivity contribution in [1.82, 2.24) is 20.8 Å². The van der Waals surface area contributed by atoms with E-state index in [1.807, 2.05) is 0 Å². The molecule has 2 N–H and O–H groups in total. The van der Waals surface area contributed by atoms with Gasteiger partial charge in [-0.1, -0.05) is 19.0 Å². The molecule has 1 aliphatic heterocycles. The second-order valence-corrected chi connectivity index (χ2v) is 7.31. The van der Waals surface area contributed by atoms with Crippen molar-refractivity contribution in [3.8, 4) is 0 Å². The quantitative estimate of drug-likeness (QED) is 0.612. The van der Waals surface area contributed by atoms with Gasteiger partial charge < -0.3 is 19.9 Å². The number of aliphatic imine (C=N–C) groups is 1. The zero-order valence-electron chi connectivity index (χ0n) is 14.9. The van der Waals surface area contributed by atoms with Crippen molar-refractivity contribution in [1.29, 1.82) is 0 Å². The molecule has 3 rings (SSSR count). The Bertz CT molecular complexity index is 553. The van der Waals surface area contributed by atoms with E-state index in [9.17, 15) is 0 Å². The Kier molecular flexibility index (Phi) is 5.71. The van der Waals surface area contributed by atoms with Crippen LogP contribution in [0.5, 0.6) is 0 Å². The topological polar surface area (TPSA) is 84.6 Å². The number of aromatic nitrogens is 2. The summed E-state index contributed by atoms with van der Waals surface area (Å²) in [5.41, 5.74) is 0. The molecule has 1 aromatic rings. The molecule has 1 aliphatic carbocycles. The summed E-state index contributed by atoms with van der Waals surface area (Å²) in [6.07, 6.45) is 4.63. The van der Waals surface area contributed by atoms with Gasteiger partial charge in [-0.05, 0) is 38.5 Å². The van der Waals surface area contributed by atoms with Gasteiger partial charge in [-0.3, -0.25) is 0 Å². The Morgan fingerprint density at radius 1 is 1.33 bits per heavy atom. The molecule has 2 atom stereocenters. The fourth-order valence-electron chi connectivity index (χ4n) is 2.76. The first-order chi connectivity index (χ1) is 11.6. The Balaban J connectivity index is 1.58. The number of rotatable bonds is 6. The third-order valence-electron chi connectivity index (χ3n) is 4.30. The van der Waals surface area contributed by atoms with Crippen LogP contribution in [0.25, 0.3) is 0 Å². The third kappa shape index (κ3) is 5.19. The fourth-order valence-corrected chi connectivity index (χ4v) is 2.76. The van der Waals surface area contributed by atoms with Crippen molar-refractivity contribution in [3.05, 3.63) is 11.7 Å². The minimum Gasteiger partial charge on any atom is -0.378 e. The molecule has 2 fully saturated rings. The summed E-state index contributed by atoms with van der Waals surface area (Å²) >= 11 is 0. The van der Waals surface area contributed by atoms with Gasteiger partial charge in [-0.2, -0.15) is 4.98 Å². The van der Waals surface area contributed by atoms with E-state index in [0.717, 1.165) is 37.8 Å². The molecular formula is C17H29N5O2. The van der Waals surface area contributed by atoms with Crippen LogP contribution in [0.15, 0.2) is 9.52 Å². The monoisotopic (exact) mass is 335 g/mol. The molecule has 0 aromatic carbocycles. The number of hydrogen-bond donors (Lipinski definition) is 2. The van der Waals surface area contributed by atoms with E-state index in [0.29, 0.717) is 36.4 Å². The van der Waals surface area contributed by atoms with Crippen molar-refractivity contribution in [2.24, 2.45) is 10.9 Å². The van der Waals surface area contributed by atoms with Gasteiger partial charge >= 0.3 is 0 Å². The van der Waals surface area contributed by atoms with Crippen LogP contribution in [-0.4, -0.2) is 41.4 Å². The Labute approximate surface area is 143 Å². The molecule has 2 aliphatic rings. The van der Waals surface area contributed by atoms with Gasteiger partial charge in [0.1, 0.15) is 6.54 Å². The Hall–Kier alpha value is -1.63. The SMILES string of the molecule is CC(C)CNC(=NCc1nc(C2CC2)no1)N[C@@H]1CCO[C@@H](C)C1. The summed E-state index contributed by atoms with van der Waals surface area (Å²) in [7, 11) is 0. The van der Waals surface area contributed by atoms with Gasteiger partial charge in [0.15, 0.2) is 11.8 Å². The minimum absolute atomic E-state index is 0.291. The van der Waals surface area contributed by atoms with Crippen molar-refractivity contribution < 1.29 is 9.26 Å². The van der Waals surface area contributed by atoms with Crippen molar-refractivity contribution in [3.63, 3.8) is 0 Å². The first-order valence-electron chi connectivity index (χ1n) is 9.09. The highest BCUT2D eigenvalue weighted by atomic mass is 16.5. The van der Waals surface area contributed by atoms with Crippen molar-refractivity contribution in [2.75, 3.05) is 13.2 Å². The number of nitrogens with zero attached hydrogens (tertiary/aromatic N) is 3. The van der Waals surface area contributed by atoms with E-state index in [1.165, 1.54) is 12.8 Å². The molecule has 134 valence electrons. The van der Waals surface area contributed by atoms with E-state index >= 15 is 0 Å². The highest BCUT2D eigenvalue weighted by molar-refractivity contribution is 5.80. The van der Waals surface area contributed by atoms with Crippen LogP contribution in [0, 0.1) is 5.92 Å². The molecule has 0 unspecified atom stereocenters. The smallest absolute Gasteiger partial charge is 0.248 e. The Morgan fingerprint density at radius 2 is 2.17 bits per heavy atom. The molecule has 24 heavy (non-hydrogen) atoms. The predicted molar refractivity (Wildman–Crippen MR) is 91.8 cm³/mol. The fraction of sp³-hybridized carbons (Fsp3) is 0.824. The van der Waals surface area contributed by atoms with Crippen LogP contribution >= 0.6 is 0 Å². The van der Waals surface area contributed by atoms with Crippen LogP contribution in [0.1, 0.15) is 64.1 Å². The molecule has 0 amide bonds. The normalized spacial score (nSPS) is 25.1. The molecule has 1 saturated carbocycles. The maximum absolute atomic E-state index is 5.61. The van der Waals surface area contributed by atoms with Crippen LogP contribution in [0.2, 0.25) is 0 Å². The van der Waals surface area contributed by atoms with E-state index in [4.69, 9.17) is 9.26 Å². The van der Waals surface area contributed by atoms with E-state index < -0.39 is 0 Å². The molecular weight excluding hydrogens is 306 g/mol. The number of guanidine groups is 1. The number of nitrogens with one attached hydrogen (secondary N) is 2. The van der Waals surface area contributed by atoms with Gasteiger partial charge in [0.25, 0.3) is 0 Å². The molecule has 0 spiro atoms. The van der Waals surface area contributed by atoms with Crippen LogP contribution in [0.3, 0.4) is 0 Å². The first kappa shape index (κ1) is 17.2. The zero-order valence-corrected chi connectivity index (χ0v) is 14.9. The van der Waals surface area contributed by atoms with E-state index in [1.54, 1.807) is 0 Å². The molecule has 7 nitrogen and oxygen atoms in total. The standard InChI is InChI=1S/C17H29N5O2/c1-11(2)9-18-17(20-14-6-7-23-12(3)8-14)19-10-15-21-16(22-24-15)13-4-5-13/h11-14H,4-10H2,1-3H3,(H2,18,19,20)/t12-,14+/m0/s1. The van der Waals surface area contributed by atoms with Gasteiger partial charge in [0, 0.05) is 25.1 Å². The van der Waals surface area contributed by atoms with Gasteiger partial charge in [0.05, 0.1) is 6.10 Å². The lowest BCUT2D eigenvalue weighted by Crippen LogP contribution is -2.47. The average Bonchev–Trinajstić information content (AvgIpc) is 3.29. The van der Waals surface area contributed by atoms with Crippen molar-refractivity contribution >= 4 is 5.96 Å². The van der Waals surface area contributed by atoms with E-state index in [-0.39, 0.29) is 0 Å². The zero-order chi connectivity index (χ0) is 16.9. The number of hydrogen-bond acceptors (Lipinski definition) is 5. The lowest BCUT2D eigenvalue weighted by molar-refractivity contribution is 0.0165. The second-order valence-electron chi connectivity index (χ2n) is 7.31. The number of ether oxygens (including phenoxy) is 1. The maximum atomic E-state index is 5.61. The van der Waals surface area contributed by atoms with Gasteiger partial charge in [-0.15, -0.1) is 0 Å². The summed E-state index contributed by atoms with van der Waals surface area (Å²) in [4.78, 5) is 9.07. The molecule has 0 bridgehead atoms. The van der Waals surface area contributed by atoms with Crippen molar-refractivity contribution in [2.45, 2.75) is 71.1 Å². The lowest BCUT2D eigenvalue weighted by Gasteiger charge is -2.29. The largest absolute Gasteiger partial charge is 0.378 e. The third-order valence-corrected chi connectivity index (χ3v) is 4.30. The average molecular weight is 335 g/mol. The van der Waals surface area contributed by atoms with Crippen LogP contribution in [-0.2, 0) is 11.3 Å².